The Hall–Kier alpha value is -2.83. The first-order valence-corrected chi connectivity index (χ1v) is 11.9. The summed E-state index contributed by atoms with van der Waals surface area (Å²) in [7, 11) is 0. The molecule has 1 aromatic carbocycles. The van der Waals surface area contributed by atoms with Gasteiger partial charge in [-0.25, -0.2) is 0 Å². The summed E-state index contributed by atoms with van der Waals surface area (Å²) in [6.45, 7) is 10.5. The molecule has 2 aromatic rings. The highest BCUT2D eigenvalue weighted by molar-refractivity contribution is 5.94. The van der Waals surface area contributed by atoms with Gasteiger partial charge in [-0.1, -0.05) is 31.9 Å². The summed E-state index contributed by atoms with van der Waals surface area (Å²) in [5, 5.41) is 7.44. The minimum absolute atomic E-state index is 0.0246. The van der Waals surface area contributed by atoms with Gasteiger partial charge in [0.1, 0.15) is 0 Å². The highest BCUT2D eigenvalue weighted by Gasteiger charge is 2.31. The molecule has 7 heteroatoms. The van der Waals surface area contributed by atoms with E-state index >= 15 is 0 Å². The highest BCUT2D eigenvalue weighted by Crippen LogP contribution is 2.25. The van der Waals surface area contributed by atoms with Gasteiger partial charge >= 0.3 is 0 Å². The third-order valence-electron chi connectivity index (χ3n) is 6.76. The second-order valence-corrected chi connectivity index (χ2v) is 9.12. The number of aromatic nitrogens is 2. The molecule has 7 nitrogen and oxygen atoms in total. The lowest BCUT2D eigenvalue weighted by Crippen LogP contribution is -2.49. The number of nitrogens with one attached hydrogen (secondary N) is 1. The van der Waals surface area contributed by atoms with Crippen molar-refractivity contribution in [1.29, 1.82) is 0 Å². The van der Waals surface area contributed by atoms with Gasteiger partial charge < -0.3 is 14.7 Å². The van der Waals surface area contributed by atoms with Crippen LogP contribution in [0.3, 0.4) is 0 Å². The van der Waals surface area contributed by atoms with Crippen LogP contribution < -0.4 is 4.90 Å². The predicted molar refractivity (Wildman–Crippen MR) is 126 cm³/mol. The van der Waals surface area contributed by atoms with E-state index in [1.165, 1.54) is 16.8 Å². The van der Waals surface area contributed by atoms with Gasteiger partial charge in [-0.05, 0) is 37.5 Å². The van der Waals surface area contributed by atoms with E-state index in [4.69, 9.17) is 0 Å². The molecule has 0 aliphatic carbocycles. The molecule has 2 aliphatic heterocycles. The molecular formula is C25H35N5O2. The average Bonchev–Trinajstić information content (AvgIpc) is 3.23. The number of aryl methyl sites for hydroxylation is 2. The number of benzene rings is 1. The van der Waals surface area contributed by atoms with Crippen LogP contribution in [0.15, 0.2) is 18.2 Å². The van der Waals surface area contributed by atoms with Crippen LogP contribution in [0.25, 0.3) is 0 Å². The molecule has 172 valence electrons. The van der Waals surface area contributed by atoms with Crippen molar-refractivity contribution in [3.05, 3.63) is 46.3 Å². The maximum absolute atomic E-state index is 13.3. The Bertz CT molecular complexity index is 975. The van der Waals surface area contributed by atoms with Crippen molar-refractivity contribution in [3.63, 3.8) is 0 Å². The molecule has 1 aromatic heterocycles. The molecule has 0 bridgehead atoms. The molecule has 1 saturated heterocycles. The van der Waals surface area contributed by atoms with Gasteiger partial charge in [0.15, 0.2) is 5.69 Å². The molecule has 32 heavy (non-hydrogen) atoms. The van der Waals surface area contributed by atoms with Crippen molar-refractivity contribution in [2.45, 2.75) is 59.4 Å². The van der Waals surface area contributed by atoms with E-state index in [-0.39, 0.29) is 11.8 Å². The normalized spacial score (nSPS) is 16.3. The second-order valence-electron chi connectivity index (χ2n) is 9.12. The summed E-state index contributed by atoms with van der Waals surface area (Å²) in [6, 6.07) is 6.52. The van der Waals surface area contributed by atoms with E-state index in [0.717, 1.165) is 50.0 Å². The van der Waals surface area contributed by atoms with Crippen LogP contribution in [0, 0.1) is 13.8 Å². The molecular weight excluding hydrogens is 402 g/mol. The summed E-state index contributed by atoms with van der Waals surface area (Å²) in [5.41, 5.74) is 6.17. The van der Waals surface area contributed by atoms with Crippen LogP contribution in [0.1, 0.15) is 65.5 Å². The summed E-state index contributed by atoms with van der Waals surface area (Å²) in [6.07, 6.45) is 4.43. The maximum Gasteiger partial charge on any atom is 0.274 e. The fourth-order valence-corrected chi connectivity index (χ4v) is 4.73. The number of carbonyl (C=O) groups is 2. The van der Waals surface area contributed by atoms with Crippen molar-refractivity contribution >= 4 is 17.5 Å². The Balaban J connectivity index is 1.40. The molecule has 0 unspecified atom stereocenters. The third kappa shape index (κ3) is 4.66. The van der Waals surface area contributed by atoms with Crippen LogP contribution in [-0.4, -0.2) is 64.5 Å². The highest BCUT2D eigenvalue weighted by atomic mass is 16.2. The molecule has 3 heterocycles. The number of piperazine rings is 1. The smallest absolute Gasteiger partial charge is 0.274 e. The largest absolute Gasteiger partial charge is 0.368 e. The van der Waals surface area contributed by atoms with Crippen molar-refractivity contribution in [3.8, 4) is 0 Å². The van der Waals surface area contributed by atoms with E-state index in [1.807, 2.05) is 9.80 Å². The minimum Gasteiger partial charge on any atom is -0.368 e. The Morgan fingerprint density at radius 2 is 1.81 bits per heavy atom. The Morgan fingerprint density at radius 3 is 2.56 bits per heavy atom. The maximum atomic E-state index is 13.3. The lowest BCUT2D eigenvalue weighted by molar-refractivity contribution is -0.132. The Labute approximate surface area is 190 Å². The number of H-pyrrole nitrogens is 1. The second kappa shape index (κ2) is 9.76. The van der Waals surface area contributed by atoms with E-state index in [9.17, 15) is 9.59 Å². The molecule has 2 aliphatic rings. The Kier molecular flexibility index (Phi) is 6.82. The van der Waals surface area contributed by atoms with Crippen LogP contribution in [-0.2, 0) is 17.8 Å². The number of anilines is 1. The fraction of sp³-hybridized carbons (Fsp3) is 0.560. The number of unbranched alkanes of at least 4 members (excludes halogenated alkanes) is 2. The number of hydrogen-bond donors (Lipinski definition) is 1. The van der Waals surface area contributed by atoms with E-state index in [0.29, 0.717) is 38.3 Å². The first-order chi connectivity index (χ1) is 15.5. The first-order valence-electron chi connectivity index (χ1n) is 11.9. The van der Waals surface area contributed by atoms with Crippen molar-refractivity contribution in [2.24, 2.45) is 0 Å². The number of hydrogen-bond acceptors (Lipinski definition) is 4. The number of aromatic amines is 1. The SMILES string of the molecule is CCCCCC(=O)N1CCc2[nH]nc(C(=O)N3CCN(c4cc(C)ccc4C)CC3)c2C1. The first kappa shape index (κ1) is 22.4. The molecule has 2 amide bonds. The summed E-state index contributed by atoms with van der Waals surface area (Å²) in [4.78, 5) is 32.1. The number of carbonyl (C=O) groups excluding carboxylic acids is 2. The summed E-state index contributed by atoms with van der Waals surface area (Å²) >= 11 is 0. The molecule has 0 radical (unpaired) electrons. The number of nitrogens with zero attached hydrogens (tertiary/aromatic N) is 4. The zero-order valence-electron chi connectivity index (χ0n) is 19.6. The quantitative estimate of drug-likeness (QED) is 0.703. The van der Waals surface area contributed by atoms with Gasteiger partial charge in [0.2, 0.25) is 5.91 Å². The Morgan fingerprint density at radius 1 is 1.03 bits per heavy atom. The zero-order valence-corrected chi connectivity index (χ0v) is 19.6. The van der Waals surface area contributed by atoms with Crippen molar-refractivity contribution in [2.75, 3.05) is 37.6 Å². The molecule has 1 N–H and O–H groups in total. The van der Waals surface area contributed by atoms with Crippen molar-refractivity contribution in [1.82, 2.24) is 20.0 Å². The third-order valence-corrected chi connectivity index (χ3v) is 6.76. The monoisotopic (exact) mass is 437 g/mol. The van der Waals surface area contributed by atoms with Crippen LogP contribution >= 0.6 is 0 Å². The lowest BCUT2D eigenvalue weighted by atomic mass is 10.0. The summed E-state index contributed by atoms with van der Waals surface area (Å²) in [5.74, 6) is 0.161. The molecule has 0 atom stereocenters. The summed E-state index contributed by atoms with van der Waals surface area (Å²) < 4.78 is 0. The number of fused-ring (bicyclic) bond motifs is 1. The van der Waals surface area contributed by atoms with Gasteiger partial charge in [-0.2, -0.15) is 5.10 Å². The van der Waals surface area contributed by atoms with Crippen LogP contribution in [0.2, 0.25) is 0 Å². The topological polar surface area (TPSA) is 72.5 Å². The van der Waals surface area contributed by atoms with Gasteiger partial charge in [-0.15, -0.1) is 0 Å². The molecule has 0 saturated carbocycles. The van der Waals surface area contributed by atoms with Crippen LogP contribution in [0.5, 0.6) is 0 Å². The van der Waals surface area contributed by atoms with Crippen molar-refractivity contribution < 1.29 is 9.59 Å². The average molecular weight is 438 g/mol. The van der Waals surface area contributed by atoms with Gasteiger partial charge in [0.05, 0.1) is 0 Å². The lowest BCUT2D eigenvalue weighted by Gasteiger charge is -2.37. The van der Waals surface area contributed by atoms with Gasteiger partial charge in [0, 0.05) is 69.1 Å². The molecule has 4 rings (SSSR count). The molecule has 1 fully saturated rings. The fourth-order valence-electron chi connectivity index (χ4n) is 4.73. The van der Waals surface area contributed by atoms with E-state index < -0.39 is 0 Å². The predicted octanol–water partition coefficient (Wildman–Crippen LogP) is 3.45. The number of rotatable bonds is 6. The zero-order chi connectivity index (χ0) is 22.7. The number of amides is 2. The van der Waals surface area contributed by atoms with E-state index in [1.54, 1.807) is 0 Å². The molecule has 0 spiro atoms. The van der Waals surface area contributed by atoms with Gasteiger partial charge in [0.25, 0.3) is 5.91 Å². The van der Waals surface area contributed by atoms with Gasteiger partial charge in [-0.3, -0.25) is 14.7 Å². The minimum atomic E-state index is -0.0246. The van der Waals surface area contributed by atoms with Crippen LogP contribution in [0.4, 0.5) is 5.69 Å². The van der Waals surface area contributed by atoms with E-state index in [2.05, 4.69) is 54.1 Å². The standard InChI is InChI=1S/C25H35N5O2/c1-4-5-6-7-23(31)30-11-10-21-20(17-30)24(27-26-21)25(32)29-14-12-28(13-15-29)22-16-18(2)8-9-19(22)3/h8-9,16H,4-7,10-15,17H2,1-3H3,(H,26,27).